The highest BCUT2D eigenvalue weighted by atomic mass is 32.1. The molecule has 1 saturated carbocycles. The van der Waals surface area contributed by atoms with Gasteiger partial charge in [0, 0.05) is 37.0 Å². The Morgan fingerprint density at radius 3 is 2.56 bits per heavy atom. The molecular formula is C30H31N7O3S. The van der Waals surface area contributed by atoms with Crippen LogP contribution in [0.3, 0.4) is 0 Å². The maximum atomic E-state index is 13.5. The van der Waals surface area contributed by atoms with Crippen LogP contribution in [-0.4, -0.2) is 43.6 Å². The summed E-state index contributed by atoms with van der Waals surface area (Å²) < 4.78 is 7.40. The van der Waals surface area contributed by atoms with Crippen LogP contribution in [0.4, 0.5) is 11.6 Å². The van der Waals surface area contributed by atoms with Gasteiger partial charge >= 0.3 is 0 Å². The smallest absolute Gasteiger partial charge is 0.275 e. The van der Waals surface area contributed by atoms with E-state index in [9.17, 15) is 9.59 Å². The third-order valence-corrected chi connectivity index (χ3v) is 8.64. The number of rotatable bonds is 8. The van der Waals surface area contributed by atoms with Gasteiger partial charge in [-0.3, -0.25) is 19.7 Å². The molecule has 0 radical (unpaired) electrons. The molecule has 6 rings (SSSR count). The number of amides is 1. The van der Waals surface area contributed by atoms with Crippen molar-refractivity contribution >= 4 is 39.7 Å². The lowest BCUT2D eigenvalue weighted by Crippen LogP contribution is -2.51. The van der Waals surface area contributed by atoms with E-state index in [4.69, 9.17) is 9.84 Å². The van der Waals surface area contributed by atoms with Crippen molar-refractivity contribution in [3.63, 3.8) is 0 Å². The molecule has 0 spiro atoms. The number of methoxy groups -OCH3 is 1. The van der Waals surface area contributed by atoms with Crippen LogP contribution in [0, 0.1) is 6.92 Å². The zero-order chi connectivity index (χ0) is 28.4. The molecule has 3 aromatic heterocycles. The molecule has 1 aliphatic carbocycles. The van der Waals surface area contributed by atoms with E-state index in [0.29, 0.717) is 49.2 Å². The number of benzene rings is 2. The van der Waals surface area contributed by atoms with Gasteiger partial charge < -0.3 is 15.4 Å². The Labute approximate surface area is 240 Å². The third-order valence-electron chi connectivity index (χ3n) is 7.82. The van der Waals surface area contributed by atoms with Gasteiger partial charge in [0.15, 0.2) is 11.6 Å². The summed E-state index contributed by atoms with van der Waals surface area (Å²) in [6, 6.07) is 17.3. The number of anilines is 2. The molecule has 0 saturated heterocycles. The molecular weight excluding hydrogens is 538 g/mol. The fraction of sp³-hybridized carbons (Fsp3) is 0.300. The first-order valence-electron chi connectivity index (χ1n) is 13.6. The van der Waals surface area contributed by atoms with Crippen molar-refractivity contribution in [3.8, 4) is 10.4 Å². The number of aromatic amines is 1. The summed E-state index contributed by atoms with van der Waals surface area (Å²) in [4.78, 5) is 32.1. The first-order chi connectivity index (χ1) is 20.0. The van der Waals surface area contributed by atoms with E-state index >= 15 is 0 Å². The Morgan fingerprint density at radius 1 is 1.15 bits per heavy atom. The first kappa shape index (κ1) is 26.9. The molecule has 1 aliphatic rings. The van der Waals surface area contributed by atoms with Gasteiger partial charge in [0.2, 0.25) is 0 Å². The van der Waals surface area contributed by atoms with Crippen molar-refractivity contribution < 1.29 is 9.53 Å². The lowest BCUT2D eigenvalue weighted by molar-refractivity contribution is -0.148. The highest BCUT2D eigenvalue weighted by molar-refractivity contribution is 7.13. The van der Waals surface area contributed by atoms with E-state index in [0.717, 1.165) is 27.1 Å². The molecule has 1 fully saturated rings. The first-order valence-corrected chi connectivity index (χ1v) is 14.5. The van der Waals surface area contributed by atoms with E-state index in [1.165, 1.54) is 0 Å². The Kier molecular flexibility index (Phi) is 7.38. The number of carbonyl (C=O) groups is 1. The average Bonchev–Trinajstić information content (AvgIpc) is 3.70. The standard InChI is InChI=1S/C30H31N7O3S/c1-19-15-26(35-34-19)33-27-23-5-3-4-6-24(23)28(38)37(36-27)22-11-13-30(40-2,14-12-22)29(39)32-16-20-7-9-21(10-8-20)25-17-31-18-41-25/h3-10,15,17-18,22H,11-14,16H2,1-2H3,(H,32,39)(H2,33,34,35,36). The molecule has 5 aromatic rings. The van der Waals surface area contributed by atoms with Crippen LogP contribution in [0.1, 0.15) is 43.0 Å². The van der Waals surface area contributed by atoms with Gasteiger partial charge in [-0.05, 0) is 49.8 Å². The number of nitrogens with zero attached hydrogens (tertiary/aromatic N) is 4. The minimum atomic E-state index is -0.951. The summed E-state index contributed by atoms with van der Waals surface area (Å²) in [5, 5.41) is 19.6. The van der Waals surface area contributed by atoms with Gasteiger partial charge in [0.05, 0.1) is 21.8 Å². The second kappa shape index (κ2) is 11.3. The largest absolute Gasteiger partial charge is 0.368 e. The van der Waals surface area contributed by atoms with Gasteiger partial charge in [-0.2, -0.15) is 10.2 Å². The minimum Gasteiger partial charge on any atom is -0.368 e. The van der Waals surface area contributed by atoms with Crippen LogP contribution >= 0.6 is 11.3 Å². The Bertz CT molecular complexity index is 1720. The summed E-state index contributed by atoms with van der Waals surface area (Å²) in [6.07, 6.45) is 3.96. The summed E-state index contributed by atoms with van der Waals surface area (Å²) in [7, 11) is 1.58. The highest BCUT2D eigenvalue weighted by Crippen LogP contribution is 2.37. The SMILES string of the molecule is COC1(C(=O)NCc2ccc(-c3cncs3)cc2)CCC(n2nc(Nc3cc(C)[nH]n3)c3ccccc3c2=O)CC1. The highest BCUT2D eigenvalue weighted by Gasteiger charge is 2.43. The summed E-state index contributed by atoms with van der Waals surface area (Å²) in [5.41, 5.74) is 3.74. The molecule has 210 valence electrons. The summed E-state index contributed by atoms with van der Waals surface area (Å²) in [5.74, 6) is 1.05. The van der Waals surface area contributed by atoms with Crippen molar-refractivity contribution in [3.05, 3.63) is 87.9 Å². The van der Waals surface area contributed by atoms with Crippen molar-refractivity contribution in [2.45, 2.75) is 50.8 Å². The number of hydrogen-bond donors (Lipinski definition) is 3. The fourth-order valence-electron chi connectivity index (χ4n) is 5.48. The molecule has 3 N–H and O–H groups in total. The van der Waals surface area contributed by atoms with Crippen LogP contribution in [0.15, 0.2) is 71.1 Å². The van der Waals surface area contributed by atoms with Crippen LogP contribution in [0.5, 0.6) is 0 Å². The number of aryl methyl sites for hydroxylation is 1. The van der Waals surface area contributed by atoms with Crippen LogP contribution in [-0.2, 0) is 16.1 Å². The molecule has 0 unspecified atom stereocenters. The second-order valence-corrected chi connectivity index (χ2v) is 11.3. The number of hydrogen-bond acceptors (Lipinski definition) is 8. The molecule has 0 bridgehead atoms. The molecule has 0 atom stereocenters. The molecule has 3 heterocycles. The molecule has 10 nitrogen and oxygen atoms in total. The second-order valence-electron chi connectivity index (χ2n) is 10.4. The Balaban J connectivity index is 1.16. The van der Waals surface area contributed by atoms with Crippen molar-refractivity contribution in [1.29, 1.82) is 0 Å². The van der Waals surface area contributed by atoms with E-state index in [1.54, 1.807) is 23.1 Å². The molecule has 41 heavy (non-hydrogen) atoms. The van der Waals surface area contributed by atoms with E-state index in [2.05, 4.69) is 25.8 Å². The molecule has 0 aliphatic heterocycles. The van der Waals surface area contributed by atoms with E-state index in [-0.39, 0.29) is 17.5 Å². The lowest BCUT2D eigenvalue weighted by atomic mass is 9.81. The number of fused-ring (bicyclic) bond motifs is 1. The van der Waals surface area contributed by atoms with Gasteiger partial charge in [0.1, 0.15) is 5.60 Å². The van der Waals surface area contributed by atoms with Crippen LogP contribution in [0.25, 0.3) is 21.2 Å². The van der Waals surface area contributed by atoms with Gasteiger partial charge in [-0.1, -0.05) is 42.5 Å². The predicted octanol–water partition coefficient (Wildman–Crippen LogP) is 5.11. The average molecular weight is 570 g/mol. The maximum absolute atomic E-state index is 13.5. The van der Waals surface area contributed by atoms with Gasteiger partial charge in [-0.15, -0.1) is 11.3 Å². The van der Waals surface area contributed by atoms with Crippen molar-refractivity contribution in [2.75, 3.05) is 12.4 Å². The van der Waals surface area contributed by atoms with Crippen molar-refractivity contribution in [2.24, 2.45) is 0 Å². The number of carbonyl (C=O) groups excluding carboxylic acids is 1. The number of thiazole rings is 1. The van der Waals surface area contributed by atoms with E-state index in [1.807, 2.05) is 73.2 Å². The molecule has 1 amide bonds. The maximum Gasteiger partial charge on any atom is 0.275 e. The van der Waals surface area contributed by atoms with Crippen LogP contribution in [0.2, 0.25) is 0 Å². The normalized spacial score (nSPS) is 18.8. The molecule has 11 heteroatoms. The fourth-order valence-corrected chi connectivity index (χ4v) is 6.10. The quantitative estimate of drug-likeness (QED) is 0.237. The monoisotopic (exact) mass is 569 g/mol. The minimum absolute atomic E-state index is 0.139. The van der Waals surface area contributed by atoms with Gasteiger partial charge in [-0.25, -0.2) is 4.68 Å². The number of aromatic nitrogens is 5. The predicted molar refractivity (Wildman–Crippen MR) is 159 cm³/mol. The van der Waals surface area contributed by atoms with Gasteiger partial charge in [0.25, 0.3) is 11.5 Å². The molecule has 2 aromatic carbocycles. The number of nitrogens with one attached hydrogen (secondary N) is 3. The third kappa shape index (κ3) is 5.38. The zero-order valence-electron chi connectivity index (χ0n) is 22.9. The summed E-state index contributed by atoms with van der Waals surface area (Å²) in [6.45, 7) is 2.33. The topological polar surface area (TPSA) is 127 Å². The Morgan fingerprint density at radius 2 is 1.90 bits per heavy atom. The van der Waals surface area contributed by atoms with Crippen LogP contribution < -0.4 is 16.2 Å². The lowest BCUT2D eigenvalue weighted by Gasteiger charge is -2.38. The van der Waals surface area contributed by atoms with E-state index < -0.39 is 5.60 Å². The Hall–Kier alpha value is -4.35. The summed E-state index contributed by atoms with van der Waals surface area (Å²) >= 11 is 1.59. The number of H-pyrrole nitrogens is 1. The zero-order valence-corrected chi connectivity index (χ0v) is 23.7. The number of ether oxygens (including phenoxy) is 1. The van der Waals surface area contributed by atoms with Crippen molar-refractivity contribution in [1.82, 2.24) is 30.3 Å².